The fourth-order valence-corrected chi connectivity index (χ4v) is 2.96. The van der Waals surface area contributed by atoms with E-state index >= 15 is 0 Å². The third-order valence-corrected chi connectivity index (χ3v) is 4.18. The number of rotatable bonds is 9. The Labute approximate surface area is 135 Å². The van der Waals surface area contributed by atoms with Crippen molar-refractivity contribution in [1.82, 2.24) is 4.90 Å². The molecular weight excluding hydrogens is 270 g/mol. The van der Waals surface area contributed by atoms with Gasteiger partial charge in [-0.2, -0.15) is 0 Å². The van der Waals surface area contributed by atoms with E-state index in [1.165, 1.54) is 67.8 Å². The number of nitrogens with zero attached hydrogens (tertiary/aromatic N) is 1. The standard InChI is InChI=1S/C20H29N.H2O/c1-21(2)17-10-6-4-3-5-7-12-18-14-11-15-19-13-8-9-16-20(18)19;/h8-9,11,13-16H,3-7,10,12,17H2,1-2H3;1H2. The van der Waals surface area contributed by atoms with Gasteiger partial charge in [0, 0.05) is 0 Å². The summed E-state index contributed by atoms with van der Waals surface area (Å²) in [5, 5.41) is 2.81. The molecule has 2 nitrogen and oxygen atoms in total. The van der Waals surface area contributed by atoms with Gasteiger partial charge in [-0.1, -0.05) is 68.1 Å². The van der Waals surface area contributed by atoms with E-state index in [9.17, 15) is 0 Å². The van der Waals surface area contributed by atoms with Gasteiger partial charge in [0.05, 0.1) is 0 Å². The Morgan fingerprint density at radius 3 is 2.14 bits per heavy atom. The zero-order chi connectivity index (χ0) is 14.9. The Balaban J connectivity index is 0.00000242. The van der Waals surface area contributed by atoms with E-state index in [1.807, 2.05) is 0 Å². The third-order valence-electron chi connectivity index (χ3n) is 4.18. The van der Waals surface area contributed by atoms with E-state index in [0.717, 1.165) is 0 Å². The van der Waals surface area contributed by atoms with Gasteiger partial charge in [0.25, 0.3) is 0 Å². The molecule has 2 aromatic rings. The summed E-state index contributed by atoms with van der Waals surface area (Å²) in [7, 11) is 4.31. The van der Waals surface area contributed by atoms with Crippen LogP contribution in [0.2, 0.25) is 0 Å². The van der Waals surface area contributed by atoms with Crippen LogP contribution in [0.3, 0.4) is 0 Å². The van der Waals surface area contributed by atoms with E-state index in [4.69, 9.17) is 0 Å². The third kappa shape index (κ3) is 6.17. The topological polar surface area (TPSA) is 34.7 Å². The summed E-state index contributed by atoms with van der Waals surface area (Å²) in [5.74, 6) is 0. The maximum Gasteiger partial charge on any atom is -0.00248 e. The van der Waals surface area contributed by atoms with E-state index in [1.54, 1.807) is 0 Å². The SMILES string of the molecule is CN(C)CCCCCCCCc1cccc2ccccc12.O. The van der Waals surface area contributed by atoms with Gasteiger partial charge in [-0.3, -0.25) is 0 Å². The first-order chi connectivity index (χ1) is 10.3. The molecule has 2 aromatic carbocycles. The highest BCUT2D eigenvalue weighted by atomic mass is 16.0. The molecule has 0 aliphatic rings. The molecular formula is C20H31NO. The molecule has 0 aromatic heterocycles. The maximum absolute atomic E-state index is 2.29. The molecule has 2 rings (SSSR count). The van der Waals surface area contributed by atoms with Gasteiger partial charge in [-0.05, 0) is 56.2 Å². The molecule has 2 N–H and O–H groups in total. The summed E-state index contributed by atoms with van der Waals surface area (Å²) in [5.41, 5.74) is 1.51. The Kier molecular flexibility index (Phi) is 8.79. The van der Waals surface area contributed by atoms with Gasteiger partial charge in [0.1, 0.15) is 0 Å². The highest BCUT2D eigenvalue weighted by Gasteiger charge is 2.00. The van der Waals surface area contributed by atoms with Crippen molar-refractivity contribution in [1.29, 1.82) is 0 Å². The minimum atomic E-state index is 0. The van der Waals surface area contributed by atoms with Crippen LogP contribution in [-0.4, -0.2) is 31.0 Å². The maximum atomic E-state index is 2.29. The van der Waals surface area contributed by atoms with Gasteiger partial charge >= 0.3 is 0 Å². The average molecular weight is 301 g/mol. The normalized spacial score (nSPS) is 10.9. The van der Waals surface area contributed by atoms with Crippen LogP contribution in [0.4, 0.5) is 0 Å². The average Bonchev–Trinajstić information content (AvgIpc) is 2.50. The second-order valence-electron chi connectivity index (χ2n) is 6.31. The van der Waals surface area contributed by atoms with E-state index in [-0.39, 0.29) is 5.48 Å². The van der Waals surface area contributed by atoms with E-state index < -0.39 is 0 Å². The number of fused-ring (bicyclic) bond motifs is 1. The number of hydrogen-bond acceptors (Lipinski definition) is 1. The van der Waals surface area contributed by atoms with Crippen molar-refractivity contribution in [3.8, 4) is 0 Å². The lowest BCUT2D eigenvalue weighted by molar-refractivity contribution is 0.389. The summed E-state index contributed by atoms with van der Waals surface area (Å²) < 4.78 is 0. The Hall–Kier alpha value is -1.38. The molecule has 0 heterocycles. The Bertz CT molecular complexity index is 531. The number of benzene rings is 2. The van der Waals surface area contributed by atoms with Crippen molar-refractivity contribution in [2.45, 2.75) is 44.9 Å². The van der Waals surface area contributed by atoms with Gasteiger partial charge in [0.15, 0.2) is 0 Å². The minimum absolute atomic E-state index is 0. The minimum Gasteiger partial charge on any atom is -0.412 e. The Morgan fingerprint density at radius 2 is 1.36 bits per heavy atom. The van der Waals surface area contributed by atoms with Crippen LogP contribution in [0.25, 0.3) is 10.8 Å². The predicted molar refractivity (Wildman–Crippen MR) is 97.5 cm³/mol. The van der Waals surface area contributed by atoms with Crippen LogP contribution < -0.4 is 0 Å². The van der Waals surface area contributed by atoms with Crippen LogP contribution in [0.1, 0.15) is 44.1 Å². The lowest BCUT2D eigenvalue weighted by atomic mass is 9.99. The van der Waals surface area contributed by atoms with Crippen molar-refractivity contribution in [2.24, 2.45) is 0 Å². The Morgan fingerprint density at radius 1 is 0.727 bits per heavy atom. The van der Waals surface area contributed by atoms with Crippen LogP contribution >= 0.6 is 0 Å². The van der Waals surface area contributed by atoms with Gasteiger partial charge in [-0.25, -0.2) is 0 Å². The van der Waals surface area contributed by atoms with Crippen LogP contribution in [-0.2, 0) is 6.42 Å². The van der Waals surface area contributed by atoms with Gasteiger partial charge in [0.2, 0.25) is 0 Å². The summed E-state index contributed by atoms with van der Waals surface area (Å²) in [6.45, 7) is 1.23. The fourth-order valence-electron chi connectivity index (χ4n) is 2.96. The van der Waals surface area contributed by atoms with Crippen molar-refractivity contribution in [2.75, 3.05) is 20.6 Å². The first-order valence-corrected chi connectivity index (χ1v) is 8.39. The highest BCUT2D eigenvalue weighted by Crippen LogP contribution is 2.20. The smallest absolute Gasteiger partial charge is 0.00248 e. The molecule has 0 unspecified atom stereocenters. The van der Waals surface area contributed by atoms with Crippen molar-refractivity contribution in [3.05, 3.63) is 48.0 Å². The van der Waals surface area contributed by atoms with E-state index in [0.29, 0.717) is 0 Å². The lowest BCUT2D eigenvalue weighted by Gasteiger charge is -2.09. The molecule has 0 saturated heterocycles. The molecule has 22 heavy (non-hydrogen) atoms. The first kappa shape index (κ1) is 18.7. The second kappa shape index (κ2) is 10.4. The summed E-state index contributed by atoms with van der Waals surface area (Å²) in [4.78, 5) is 2.28. The predicted octanol–water partition coefficient (Wildman–Crippen LogP) is 4.46. The summed E-state index contributed by atoms with van der Waals surface area (Å²) >= 11 is 0. The fraction of sp³-hybridized carbons (Fsp3) is 0.500. The molecule has 0 bridgehead atoms. The highest BCUT2D eigenvalue weighted by molar-refractivity contribution is 5.85. The zero-order valence-electron chi connectivity index (χ0n) is 14.1. The monoisotopic (exact) mass is 301 g/mol. The van der Waals surface area contributed by atoms with E-state index in [2.05, 4.69) is 61.5 Å². The quantitative estimate of drug-likeness (QED) is 0.630. The summed E-state index contributed by atoms with van der Waals surface area (Å²) in [6.07, 6.45) is 9.41. The van der Waals surface area contributed by atoms with Gasteiger partial charge < -0.3 is 10.4 Å². The molecule has 0 amide bonds. The van der Waals surface area contributed by atoms with Crippen LogP contribution in [0, 0.1) is 0 Å². The van der Waals surface area contributed by atoms with Crippen LogP contribution in [0.5, 0.6) is 0 Å². The lowest BCUT2D eigenvalue weighted by Crippen LogP contribution is -2.12. The number of unbranched alkanes of at least 4 members (excludes halogenated alkanes) is 5. The molecule has 0 atom stereocenters. The van der Waals surface area contributed by atoms with Crippen molar-refractivity contribution < 1.29 is 5.48 Å². The van der Waals surface area contributed by atoms with Crippen molar-refractivity contribution >= 4 is 10.8 Å². The largest absolute Gasteiger partial charge is 0.412 e. The number of hydrogen-bond donors (Lipinski definition) is 0. The summed E-state index contributed by atoms with van der Waals surface area (Å²) in [6, 6.07) is 15.4. The molecule has 0 radical (unpaired) electrons. The molecule has 122 valence electrons. The number of aryl methyl sites for hydroxylation is 1. The molecule has 0 fully saturated rings. The van der Waals surface area contributed by atoms with Crippen LogP contribution in [0.15, 0.2) is 42.5 Å². The van der Waals surface area contributed by atoms with Gasteiger partial charge in [-0.15, -0.1) is 0 Å². The molecule has 0 aliphatic heterocycles. The first-order valence-electron chi connectivity index (χ1n) is 8.39. The molecule has 0 aliphatic carbocycles. The van der Waals surface area contributed by atoms with Crippen molar-refractivity contribution in [3.63, 3.8) is 0 Å². The zero-order valence-corrected chi connectivity index (χ0v) is 14.1. The second-order valence-corrected chi connectivity index (χ2v) is 6.31. The molecule has 0 spiro atoms. The molecule has 0 saturated carbocycles. The molecule has 2 heteroatoms.